The van der Waals surface area contributed by atoms with Gasteiger partial charge in [0.15, 0.2) is 6.29 Å². The Morgan fingerprint density at radius 3 is 3.00 bits per heavy atom. The predicted molar refractivity (Wildman–Crippen MR) is 67.9 cm³/mol. The molecule has 0 saturated carbocycles. The van der Waals surface area contributed by atoms with Crippen LogP contribution >= 0.6 is 11.3 Å². The highest BCUT2D eigenvalue weighted by atomic mass is 32.1. The normalized spacial score (nSPS) is 10.2. The van der Waals surface area contributed by atoms with Crippen LogP contribution in [0.25, 0.3) is 0 Å². The third-order valence-corrected chi connectivity index (χ3v) is 3.26. The van der Waals surface area contributed by atoms with E-state index in [0.29, 0.717) is 18.1 Å². The minimum Gasteiger partial charge on any atom is -0.491 e. The molecule has 0 fully saturated rings. The van der Waals surface area contributed by atoms with Crippen LogP contribution in [0, 0.1) is 6.92 Å². The second kappa shape index (κ2) is 5.59. The van der Waals surface area contributed by atoms with Gasteiger partial charge in [-0.2, -0.15) is 0 Å². The van der Waals surface area contributed by atoms with Gasteiger partial charge in [0.05, 0.1) is 6.61 Å². The van der Waals surface area contributed by atoms with Crippen LogP contribution in [0.5, 0.6) is 5.75 Å². The molecular formula is C13H13NO2S. The molecule has 0 amide bonds. The second-order valence-corrected chi connectivity index (χ2v) is 4.66. The summed E-state index contributed by atoms with van der Waals surface area (Å²) in [6.45, 7) is 2.41. The molecule has 88 valence electrons. The summed E-state index contributed by atoms with van der Waals surface area (Å²) in [4.78, 5) is 16.2. The van der Waals surface area contributed by atoms with Crippen LogP contribution in [-0.2, 0) is 6.42 Å². The molecule has 0 N–H and O–H groups in total. The molecule has 0 bridgehead atoms. The topological polar surface area (TPSA) is 39.2 Å². The molecule has 0 aliphatic rings. The van der Waals surface area contributed by atoms with E-state index in [-0.39, 0.29) is 0 Å². The van der Waals surface area contributed by atoms with Crippen molar-refractivity contribution in [2.45, 2.75) is 13.3 Å². The van der Waals surface area contributed by atoms with Gasteiger partial charge in [0.2, 0.25) is 0 Å². The van der Waals surface area contributed by atoms with Gasteiger partial charge in [-0.25, -0.2) is 4.98 Å². The monoisotopic (exact) mass is 247 g/mol. The lowest BCUT2D eigenvalue weighted by Crippen LogP contribution is -2.04. The Bertz CT molecular complexity index is 494. The minimum atomic E-state index is 0.371. The van der Waals surface area contributed by atoms with Crippen molar-refractivity contribution >= 4 is 17.6 Å². The van der Waals surface area contributed by atoms with Crippen LogP contribution in [-0.4, -0.2) is 17.9 Å². The molecule has 0 aromatic carbocycles. The van der Waals surface area contributed by atoms with Crippen molar-refractivity contribution in [2.24, 2.45) is 0 Å². The van der Waals surface area contributed by atoms with Crippen LogP contribution in [0.1, 0.15) is 21.1 Å². The number of aldehydes is 1. The molecule has 0 saturated heterocycles. The van der Waals surface area contributed by atoms with Crippen molar-refractivity contribution in [1.29, 1.82) is 0 Å². The minimum absolute atomic E-state index is 0.371. The molecule has 0 atom stereocenters. The second-order valence-electron chi connectivity index (χ2n) is 3.63. The summed E-state index contributed by atoms with van der Waals surface area (Å²) in [7, 11) is 0. The highest BCUT2D eigenvalue weighted by Gasteiger charge is 2.04. The zero-order valence-electron chi connectivity index (χ0n) is 9.55. The Kier molecular flexibility index (Phi) is 3.88. The van der Waals surface area contributed by atoms with E-state index in [1.807, 2.05) is 24.4 Å². The maximum Gasteiger partial charge on any atom is 0.172 e. The lowest BCUT2D eigenvalue weighted by Gasteiger charge is -2.07. The molecule has 17 heavy (non-hydrogen) atoms. The molecule has 0 aliphatic carbocycles. The molecule has 0 radical (unpaired) electrons. The molecular weight excluding hydrogens is 234 g/mol. The van der Waals surface area contributed by atoms with E-state index in [0.717, 1.165) is 18.4 Å². The van der Waals surface area contributed by atoms with Gasteiger partial charge in [-0.05, 0) is 30.5 Å². The van der Waals surface area contributed by atoms with Crippen LogP contribution in [0.4, 0.5) is 0 Å². The van der Waals surface area contributed by atoms with Gasteiger partial charge < -0.3 is 4.74 Å². The van der Waals surface area contributed by atoms with Gasteiger partial charge in [-0.15, -0.1) is 11.3 Å². The molecule has 0 spiro atoms. The summed E-state index contributed by atoms with van der Waals surface area (Å²) in [6.07, 6.45) is 1.58. The maximum absolute atomic E-state index is 10.8. The van der Waals surface area contributed by atoms with Crippen LogP contribution < -0.4 is 4.74 Å². The summed E-state index contributed by atoms with van der Waals surface area (Å²) >= 11 is 1.71. The average molecular weight is 247 g/mol. The summed E-state index contributed by atoms with van der Waals surface area (Å²) in [5, 5.41) is 2.04. The van der Waals surface area contributed by atoms with Gasteiger partial charge in [0.25, 0.3) is 0 Å². The summed E-state index contributed by atoms with van der Waals surface area (Å²) in [5.41, 5.74) is 1.19. The van der Waals surface area contributed by atoms with Gasteiger partial charge >= 0.3 is 0 Å². The third-order valence-electron chi connectivity index (χ3n) is 2.32. The molecule has 0 aliphatic heterocycles. The number of rotatable bonds is 5. The SMILES string of the molecule is Cc1ccc(OCCc2cccs2)c(C=O)n1. The van der Waals surface area contributed by atoms with Gasteiger partial charge in [0, 0.05) is 17.0 Å². The zero-order valence-corrected chi connectivity index (χ0v) is 10.4. The molecule has 3 nitrogen and oxygen atoms in total. The number of ether oxygens (including phenoxy) is 1. The number of hydrogen-bond acceptors (Lipinski definition) is 4. The first-order valence-electron chi connectivity index (χ1n) is 5.37. The smallest absolute Gasteiger partial charge is 0.172 e. The standard InChI is InChI=1S/C13H13NO2S/c1-10-4-5-13(12(9-15)14-10)16-7-6-11-3-2-8-17-11/h2-5,8-9H,6-7H2,1H3. The van der Waals surface area contributed by atoms with Crippen molar-refractivity contribution in [2.75, 3.05) is 6.61 Å². The summed E-state index contributed by atoms with van der Waals surface area (Å²) in [6, 6.07) is 7.72. The molecule has 2 aromatic heterocycles. The molecule has 2 rings (SSSR count). The Morgan fingerprint density at radius 2 is 2.29 bits per heavy atom. The van der Waals surface area contributed by atoms with Gasteiger partial charge in [0.1, 0.15) is 11.4 Å². The van der Waals surface area contributed by atoms with Crippen molar-refractivity contribution in [1.82, 2.24) is 4.98 Å². The number of aryl methyl sites for hydroxylation is 1. The third kappa shape index (κ3) is 3.14. The lowest BCUT2D eigenvalue weighted by molar-refractivity contribution is 0.111. The van der Waals surface area contributed by atoms with E-state index >= 15 is 0 Å². The zero-order chi connectivity index (χ0) is 12.1. The first-order chi connectivity index (χ1) is 8.29. The number of hydrogen-bond donors (Lipinski definition) is 0. The molecule has 0 unspecified atom stereocenters. The first kappa shape index (κ1) is 11.8. The van der Waals surface area contributed by atoms with E-state index in [9.17, 15) is 4.79 Å². The average Bonchev–Trinajstić information content (AvgIpc) is 2.84. The number of carbonyl (C=O) groups excluding carboxylic acids is 1. The number of aromatic nitrogens is 1. The Hall–Kier alpha value is -1.68. The van der Waals surface area contributed by atoms with Crippen molar-refractivity contribution in [3.63, 3.8) is 0 Å². The van der Waals surface area contributed by atoms with E-state index in [4.69, 9.17) is 4.74 Å². The highest BCUT2D eigenvalue weighted by Crippen LogP contribution is 2.16. The van der Waals surface area contributed by atoms with Crippen LogP contribution in [0.3, 0.4) is 0 Å². The van der Waals surface area contributed by atoms with E-state index in [2.05, 4.69) is 11.1 Å². The fraction of sp³-hybridized carbons (Fsp3) is 0.231. The van der Waals surface area contributed by atoms with Crippen LogP contribution in [0.2, 0.25) is 0 Å². The Balaban J connectivity index is 1.96. The summed E-state index contributed by atoms with van der Waals surface area (Å²) < 4.78 is 5.57. The molecule has 4 heteroatoms. The maximum atomic E-state index is 10.8. The van der Waals surface area contributed by atoms with Gasteiger partial charge in [-0.1, -0.05) is 6.07 Å². The fourth-order valence-electron chi connectivity index (χ4n) is 1.49. The Labute approximate surface area is 104 Å². The number of thiophene rings is 1. The quantitative estimate of drug-likeness (QED) is 0.763. The molecule has 2 heterocycles. The van der Waals surface area contributed by atoms with Crippen molar-refractivity contribution in [3.05, 3.63) is 45.9 Å². The Morgan fingerprint density at radius 1 is 1.41 bits per heavy atom. The number of carbonyl (C=O) groups is 1. The highest BCUT2D eigenvalue weighted by molar-refractivity contribution is 7.09. The van der Waals surface area contributed by atoms with Crippen molar-refractivity contribution in [3.8, 4) is 5.75 Å². The largest absolute Gasteiger partial charge is 0.491 e. The number of pyridine rings is 1. The number of nitrogens with zero attached hydrogens (tertiary/aromatic N) is 1. The van der Waals surface area contributed by atoms with E-state index in [1.54, 1.807) is 17.4 Å². The van der Waals surface area contributed by atoms with Crippen molar-refractivity contribution < 1.29 is 9.53 Å². The lowest BCUT2D eigenvalue weighted by atomic mass is 10.3. The fourth-order valence-corrected chi connectivity index (χ4v) is 2.18. The summed E-state index contributed by atoms with van der Waals surface area (Å²) in [5.74, 6) is 0.558. The first-order valence-corrected chi connectivity index (χ1v) is 6.25. The van der Waals surface area contributed by atoms with Crippen LogP contribution in [0.15, 0.2) is 29.6 Å². The van der Waals surface area contributed by atoms with Gasteiger partial charge in [-0.3, -0.25) is 4.79 Å². The van der Waals surface area contributed by atoms with E-state index in [1.165, 1.54) is 4.88 Å². The predicted octanol–water partition coefficient (Wildman–Crippen LogP) is 2.89. The van der Waals surface area contributed by atoms with E-state index < -0.39 is 0 Å². The molecule has 2 aromatic rings.